The van der Waals surface area contributed by atoms with E-state index in [1.165, 1.54) is 0 Å². The largest absolute Gasteiger partial charge is 0.480 e. The number of carbonyl (C=O) groups is 1. The minimum atomic E-state index is -0.628. The van der Waals surface area contributed by atoms with E-state index in [9.17, 15) is 9.90 Å². The van der Waals surface area contributed by atoms with E-state index < -0.39 is 11.5 Å². The SMILES string of the molecule is CC1CC(C)(C)CCC1(C(=O)O)N1CCN(C)CC1. The molecule has 110 valence electrons. The number of carboxylic acid groups (broad SMARTS) is 1. The summed E-state index contributed by atoms with van der Waals surface area (Å²) in [5, 5.41) is 9.89. The summed E-state index contributed by atoms with van der Waals surface area (Å²) in [6, 6.07) is 0. The second kappa shape index (κ2) is 5.06. The molecule has 1 saturated heterocycles. The minimum Gasteiger partial charge on any atom is -0.480 e. The summed E-state index contributed by atoms with van der Waals surface area (Å²) < 4.78 is 0. The third-order valence-electron chi connectivity index (χ3n) is 5.29. The topological polar surface area (TPSA) is 43.8 Å². The molecule has 1 saturated carbocycles. The number of likely N-dealkylation sites (N-methyl/N-ethyl adjacent to an activating group) is 1. The van der Waals surface area contributed by atoms with E-state index in [1.807, 2.05) is 0 Å². The van der Waals surface area contributed by atoms with E-state index in [2.05, 4.69) is 37.6 Å². The Kier molecular flexibility index (Phi) is 3.94. The van der Waals surface area contributed by atoms with Crippen molar-refractivity contribution in [3.8, 4) is 0 Å². The van der Waals surface area contributed by atoms with Gasteiger partial charge < -0.3 is 10.0 Å². The van der Waals surface area contributed by atoms with Gasteiger partial charge in [0, 0.05) is 26.2 Å². The molecule has 0 aromatic heterocycles. The van der Waals surface area contributed by atoms with Crippen LogP contribution in [0.4, 0.5) is 0 Å². The molecule has 0 spiro atoms. The van der Waals surface area contributed by atoms with Gasteiger partial charge in [-0.25, -0.2) is 0 Å². The zero-order valence-electron chi connectivity index (χ0n) is 12.8. The standard InChI is InChI=1S/C15H28N2O2/c1-12-11-14(2,3)5-6-15(12,13(18)19)17-9-7-16(4)8-10-17/h12H,5-11H2,1-4H3,(H,18,19). The molecule has 1 aliphatic carbocycles. The van der Waals surface area contributed by atoms with Crippen molar-refractivity contribution >= 4 is 5.97 Å². The molecule has 1 heterocycles. The van der Waals surface area contributed by atoms with Crippen LogP contribution in [0.3, 0.4) is 0 Å². The molecule has 2 atom stereocenters. The lowest BCUT2D eigenvalue weighted by atomic mass is 9.63. The van der Waals surface area contributed by atoms with Gasteiger partial charge in [0.25, 0.3) is 0 Å². The smallest absolute Gasteiger partial charge is 0.324 e. The lowest BCUT2D eigenvalue weighted by Gasteiger charge is -2.53. The predicted octanol–water partition coefficient (Wildman–Crippen LogP) is 1.90. The van der Waals surface area contributed by atoms with Gasteiger partial charge in [0.15, 0.2) is 0 Å². The molecule has 4 heteroatoms. The van der Waals surface area contributed by atoms with E-state index in [4.69, 9.17) is 0 Å². The highest BCUT2D eigenvalue weighted by atomic mass is 16.4. The quantitative estimate of drug-likeness (QED) is 0.831. The van der Waals surface area contributed by atoms with E-state index in [1.54, 1.807) is 0 Å². The van der Waals surface area contributed by atoms with Crippen molar-refractivity contribution in [3.63, 3.8) is 0 Å². The Morgan fingerprint density at radius 1 is 1.16 bits per heavy atom. The maximum absolute atomic E-state index is 12.0. The highest BCUT2D eigenvalue weighted by Gasteiger charge is 2.53. The van der Waals surface area contributed by atoms with Gasteiger partial charge in [0.1, 0.15) is 5.54 Å². The molecule has 19 heavy (non-hydrogen) atoms. The van der Waals surface area contributed by atoms with Crippen molar-refractivity contribution in [1.82, 2.24) is 9.80 Å². The first-order valence-corrected chi connectivity index (χ1v) is 7.45. The Hall–Kier alpha value is -0.610. The van der Waals surface area contributed by atoms with Gasteiger partial charge in [-0.05, 0) is 37.6 Å². The zero-order valence-corrected chi connectivity index (χ0v) is 12.8. The van der Waals surface area contributed by atoms with E-state index >= 15 is 0 Å². The van der Waals surface area contributed by atoms with E-state index in [-0.39, 0.29) is 11.3 Å². The molecule has 2 rings (SSSR count). The van der Waals surface area contributed by atoms with Crippen LogP contribution in [-0.2, 0) is 4.79 Å². The van der Waals surface area contributed by atoms with E-state index in [0.717, 1.165) is 45.4 Å². The summed E-state index contributed by atoms with van der Waals surface area (Å²) in [5.74, 6) is -0.391. The second-order valence-corrected chi connectivity index (χ2v) is 7.29. The molecule has 0 aromatic rings. The lowest BCUT2D eigenvalue weighted by Crippen LogP contribution is -2.65. The number of aliphatic carboxylic acids is 1. The minimum absolute atomic E-state index is 0.220. The molecule has 2 aliphatic rings. The molecule has 1 N–H and O–H groups in total. The Morgan fingerprint density at radius 2 is 1.74 bits per heavy atom. The summed E-state index contributed by atoms with van der Waals surface area (Å²) in [6.07, 6.45) is 2.81. The van der Waals surface area contributed by atoms with Gasteiger partial charge in [-0.15, -0.1) is 0 Å². The van der Waals surface area contributed by atoms with Crippen LogP contribution in [-0.4, -0.2) is 59.6 Å². The maximum Gasteiger partial charge on any atom is 0.324 e. The number of nitrogens with zero attached hydrogens (tertiary/aromatic N) is 2. The molecule has 0 bridgehead atoms. The average molecular weight is 268 g/mol. The highest BCUT2D eigenvalue weighted by Crippen LogP contribution is 2.47. The van der Waals surface area contributed by atoms with Gasteiger partial charge in [-0.2, -0.15) is 0 Å². The molecule has 1 aliphatic heterocycles. The molecule has 4 nitrogen and oxygen atoms in total. The van der Waals surface area contributed by atoms with Crippen molar-refractivity contribution in [1.29, 1.82) is 0 Å². The first kappa shape index (κ1) is 14.8. The van der Waals surface area contributed by atoms with Crippen LogP contribution in [0.15, 0.2) is 0 Å². The molecule has 0 radical (unpaired) electrons. The fraction of sp³-hybridized carbons (Fsp3) is 0.933. The van der Waals surface area contributed by atoms with Crippen molar-refractivity contribution in [2.75, 3.05) is 33.2 Å². The fourth-order valence-corrected chi connectivity index (χ4v) is 4.00. The van der Waals surface area contributed by atoms with Crippen LogP contribution in [0.5, 0.6) is 0 Å². The zero-order chi connectivity index (χ0) is 14.3. The third kappa shape index (κ3) is 2.65. The molecule has 2 unspecified atom stereocenters. The third-order valence-corrected chi connectivity index (χ3v) is 5.29. The number of carboxylic acids is 1. The predicted molar refractivity (Wildman–Crippen MR) is 76.2 cm³/mol. The molecule has 2 fully saturated rings. The van der Waals surface area contributed by atoms with Crippen molar-refractivity contribution in [2.24, 2.45) is 11.3 Å². The van der Waals surface area contributed by atoms with Crippen LogP contribution >= 0.6 is 0 Å². The monoisotopic (exact) mass is 268 g/mol. The second-order valence-electron chi connectivity index (χ2n) is 7.29. The Balaban J connectivity index is 2.21. The van der Waals surface area contributed by atoms with Gasteiger partial charge >= 0.3 is 5.97 Å². The Morgan fingerprint density at radius 3 is 2.21 bits per heavy atom. The number of hydrogen-bond acceptors (Lipinski definition) is 3. The first-order chi connectivity index (χ1) is 8.78. The number of rotatable bonds is 2. The van der Waals surface area contributed by atoms with Crippen molar-refractivity contribution < 1.29 is 9.90 Å². The van der Waals surface area contributed by atoms with Crippen LogP contribution in [0.1, 0.15) is 40.0 Å². The lowest BCUT2D eigenvalue weighted by molar-refractivity contribution is -0.163. The summed E-state index contributed by atoms with van der Waals surface area (Å²) >= 11 is 0. The highest BCUT2D eigenvalue weighted by molar-refractivity contribution is 5.79. The summed E-state index contributed by atoms with van der Waals surface area (Å²) in [6.45, 7) is 10.4. The fourth-order valence-electron chi connectivity index (χ4n) is 4.00. The van der Waals surface area contributed by atoms with Gasteiger partial charge in [0.2, 0.25) is 0 Å². The van der Waals surface area contributed by atoms with Gasteiger partial charge in [-0.1, -0.05) is 20.8 Å². The van der Waals surface area contributed by atoms with Crippen LogP contribution < -0.4 is 0 Å². The number of piperazine rings is 1. The Bertz CT molecular complexity index is 348. The summed E-state index contributed by atoms with van der Waals surface area (Å²) in [4.78, 5) is 16.5. The number of hydrogen-bond donors (Lipinski definition) is 1. The van der Waals surface area contributed by atoms with Gasteiger partial charge in [0.05, 0.1) is 0 Å². The van der Waals surface area contributed by atoms with Gasteiger partial charge in [-0.3, -0.25) is 9.69 Å². The van der Waals surface area contributed by atoms with Crippen LogP contribution in [0.2, 0.25) is 0 Å². The van der Waals surface area contributed by atoms with Crippen LogP contribution in [0, 0.1) is 11.3 Å². The molecule has 0 aromatic carbocycles. The van der Waals surface area contributed by atoms with Crippen LogP contribution in [0.25, 0.3) is 0 Å². The van der Waals surface area contributed by atoms with Crippen molar-refractivity contribution in [2.45, 2.75) is 45.6 Å². The maximum atomic E-state index is 12.0. The molecule has 0 amide bonds. The summed E-state index contributed by atoms with van der Waals surface area (Å²) in [5.41, 5.74) is -0.346. The molecular weight excluding hydrogens is 240 g/mol. The van der Waals surface area contributed by atoms with Crippen molar-refractivity contribution in [3.05, 3.63) is 0 Å². The van der Waals surface area contributed by atoms with E-state index in [0.29, 0.717) is 0 Å². The first-order valence-electron chi connectivity index (χ1n) is 7.45. The normalized spacial score (nSPS) is 37.2. The molecular formula is C15H28N2O2. The average Bonchev–Trinajstić information content (AvgIpc) is 2.29. The Labute approximate surface area is 116 Å². The summed E-state index contributed by atoms with van der Waals surface area (Å²) in [7, 11) is 2.11.